The van der Waals surface area contributed by atoms with Crippen LogP contribution in [0.3, 0.4) is 0 Å². The van der Waals surface area contributed by atoms with Gasteiger partial charge in [0, 0.05) is 13.1 Å². The smallest absolute Gasteiger partial charge is 0.349 e. The van der Waals surface area contributed by atoms with Gasteiger partial charge in [-0.05, 0) is 25.1 Å². The van der Waals surface area contributed by atoms with Crippen molar-refractivity contribution in [3.05, 3.63) is 41.5 Å². The number of rotatable bonds is 7. The number of hydrogen-bond acceptors (Lipinski definition) is 4. The quantitative estimate of drug-likeness (QED) is 0.558. The minimum absolute atomic E-state index is 0. The van der Waals surface area contributed by atoms with Gasteiger partial charge in [-0.1, -0.05) is 24.3 Å². The zero-order valence-electron chi connectivity index (χ0n) is 13.8. The number of hydrogen-bond donors (Lipinski definition) is 2. The van der Waals surface area contributed by atoms with Gasteiger partial charge in [0.05, 0.1) is 0 Å². The molecule has 1 aromatic carbocycles. The van der Waals surface area contributed by atoms with E-state index in [1.54, 1.807) is 0 Å². The van der Waals surface area contributed by atoms with Crippen molar-refractivity contribution in [2.45, 2.75) is 19.5 Å². The molecule has 2 N–H and O–H groups in total. The molecule has 0 unspecified atom stereocenters. The summed E-state index contributed by atoms with van der Waals surface area (Å²) in [5.74, 6) is -1.93. The molecule has 0 bridgehead atoms. The summed E-state index contributed by atoms with van der Waals surface area (Å²) in [5.41, 5.74) is -2.76. The van der Waals surface area contributed by atoms with E-state index in [2.05, 4.69) is 20.9 Å². The summed E-state index contributed by atoms with van der Waals surface area (Å²) >= 11 is 0. The lowest BCUT2D eigenvalue weighted by Crippen LogP contribution is -2.33. The molecule has 2 aromatic rings. The highest BCUT2D eigenvalue weighted by molar-refractivity contribution is 5.93. The number of benzene rings is 1. The van der Waals surface area contributed by atoms with Gasteiger partial charge in [0.2, 0.25) is 0 Å². The Kier molecular flexibility index (Phi) is 7.97. The summed E-state index contributed by atoms with van der Waals surface area (Å²) in [7, 11) is 0. The van der Waals surface area contributed by atoms with Crippen LogP contribution in [0.2, 0.25) is 0 Å². The molecular formula is C15H18ClF4N5O. The third-order valence-corrected chi connectivity index (χ3v) is 3.25. The van der Waals surface area contributed by atoms with Gasteiger partial charge in [0.1, 0.15) is 11.5 Å². The van der Waals surface area contributed by atoms with Crippen LogP contribution in [0, 0.1) is 5.82 Å². The molecule has 0 atom stereocenters. The molecule has 6 nitrogen and oxygen atoms in total. The Bertz CT molecular complexity index is 735. The predicted octanol–water partition coefficient (Wildman–Crippen LogP) is 2.58. The fraction of sp³-hybridized carbons (Fsp3) is 0.400. The van der Waals surface area contributed by atoms with Crippen LogP contribution in [0.1, 0.15) is 29.5 Å². The largest absolute Gasteiger partial charge is 0.435 e. The first-order chi connectivity index (χ1) is 11.9. The van der Waals surface area contributed by atoms with E-state index >= 15 is 0 Å². The van der Waals surface area contributed by atoms with Crippen LogP contribution >= 0.6 is 12.4 Å². The molecule has 0 aliphatic carbocycles. The fourth-order valence-corrected chi connectivity index (χ4v) is 2.13. The zero-order chi connectivity index (χ0) is 18.4. The van der Waals surface area contributed by atoms with Crippen molar-refractivity contribution in [1.29, 1.82) is 0 Å². The highest BCUT2D eigenvalue weighted by Gasteiger charge is 2.42. The molecule has 2 rings (SSSR count). The molecule has 0 saturated heterocycles. The van der Waals surface area contributed by atoms with Gasteiger partial charge in [-0.3, -0.25) is 4.79 Å². The maximum Gasteiger partial charge on any atom is 0.435 e. The van der Waals surface area contributed by atoms with Crippen LogP contribution < -0.4 is 10.6 Å². The van der Waals surface area contributed by atoms with Crippen LogP contribution in [0.15, 0.2) is 24.3 Å². The molecule has 0 fully saturated rings. The molecule has 0 spiro atoms. The van der Waals surface area contributed by atoms with Gasteiger partial charge in [-0.2, -0.15) is 13.2 Å². The van der Waals surface area contributed by atoms with Gasteiger partial charge in [0.15, 0.2) is 11.4 Å². The molecule has 1 heterocycles. The molecule has 0 aliphatic rings. The van der Waals surface area contributed by atoms with Crippen LogP contribution in [0.4, 0.5) is 17.6 Å². The normalized spacial score (nSPS) is 11.1. The van der Waals surface area contributed by atoms with Crippen molar-refractivity contribution >= 4 is 18.3 Å². The fourth-order valence-electron chi connectivity index (χ4n) is 2.13. The van der Waals surface area contributed by atoms with E-state index in [1.165, 1.54) is 12.1 Å². The summed E-state index contributed by atoms with van der Waals surface area (Å²) < 4.78 is 54.3. The third kappa shape index (κ3) is 5.15. The predicted molar refractivity (Wildman–Crippen MR) is 89.1 cm³/mol. The number of nitrogens with zero attached hydrogens (tertiary/aromatic N) is 3. The maximum atomic E-state index is 13.8. The van der Waals surface area contributed by atoms with Crippen LogP contribution in [-0.2, 0) is 6.18 Å². The van der Waals surface area contributed by atoms with E-state index in [1.807, 2.05) is 6.92 Å². The third-order valence-electron chi connectivity index (χ3n) is 3.25. The van der Waals surface area contributed by atoms with Crippen LogP contribution in [-0.4, -0.2) is 40.5 Å². The van der Waals surface area contributed by atoms with E-state index in [9.17, 15) is 22.4 Å². The van der Waals surface area contributed by atoms with Crippen molar-refractivity contribution < 1.29 is 22.4 Å². The van der Waals surface area contributed by atoms with E-state index in [4.69, 9.17) is 0 Å². The Morgan fingerprint density at radius 3 is 2.50 bits per heavy atom. The number of nitrogens with one attached hydrogen (secondary N) is 2. The Balaban J connectivity index is 0.00000338. The van der Waals surface area contributed by atoms with Gasteiger partial charge >= 0.3 is 6.18 Å². The SMILES string of the molecule is CCCNCCNC(=O)c1nnn(-c2ccccc2F)c1C(F)(F)F.Cl. The van der Waals surface area contributed by atoms with E-state index in [-0.39, 0.29) is 19.0 Å². The van der Waals surface area contributed by atoms with Gasteiger partial charge in [0.25, 0.3) is 5.91 Å². The molecule has 0 saturated carbocycles. The Morgan fingerprint density at radius 2 is 1.88 bits per heavy atom. The molecule has 1 aromatic heterocycles. The van der Waals surface area contributed by atoms with E-state index in [0.717, 1.165) is 25.1 Å². The summed E-state index contributed by atoms with van der Waals surface area (Å²) in [6, 6.07) is 4.81. The molecule has 1 amide bonds. The second-order valence-corrected chi connectivity index (χ2v) is 5.15. The number of amides is 1. The summed E-state index contributed by atoms with van der Waals surface area (Å²) in [4.78, 5) is 12.0. The van der Waals surface area contributed by atoms with Crippen molar-refractivity contribution in [2.24, 2.45) is 0 Å². The number of alkyl halides is 3. The summed E-state index contributed by atoms with van der Waals surface area (Å²) in [6.07, 6.45) is -4.04. The first-order valence-corrected chi connectivity index (χ1v) is 7.63. The molecule has 11 heteroatoms. The van der Waals surface area contributed by atoms with Crippen LogP contribution in [0.25, 0.3) is 5.69 Å². The average Bonchev–Trinajstić information content (AvgIpc) is 3.00. The lowest BCUT2D eigenvalue weighted by atomic mass is 10.2. The minimum Gasteiger partial charge on any atom is -0.349 e. The van der Waals surface area contributed by atoms with E-state index < -0.39 is 35.0 Å². The molecule has 0 radical (unpaired) electrons. The number of carbonyl (C=O) groups is 1. The maximum absolute atomic E-state index is 13.8. The average molecular weight is 396 g/mol. The second-order valence-electron chi connectivity index (χ2n) is 5.15. The molecule has 144 valence electrons. The number of para-hydroxylation sites is 1. The Hall–Kier alpha value is -2.20. The summed E-state index contributed by atoms with van der Waals surface area (Å²) in [6.45, 7) is 3.22. The number of halogens is 5. The zero-order valence-corrected chi connectivity index (χ0v) is 14.6. The van der Waals surface area contributed by atoms with Crippen molar-refractivity contribution in [3.8, 4) is 5.69 Å². The van der Waals surface area contributed by atoms with Gasteiger partial charge in [-0.15, -0.1) is 17.5 Å². The summed E-state index contributed by atoms with van der Waals surface area (Å²) in [5, 5.41) is 12.0. The topological polar surface area (TPSA) is 71.8 Å². The highest BCUT2D eigenvalue weighted by Crippen LogP contribution is 2.33. The van der Waals surface area contributed by atoms with Gasteiger partial charge in [-0.25, -0.2) is 9.07 Å². The monoisotopic (exact) mass is 395 g/mol. The van der Waals surface area contributed by atoms with Crippen LogP contribution in [0.5, 0.6) is 0 Å². The Labute approximate surface area is 153 Å². The first kappa shape index (κ1) is 21.8. The second kappa shape index (κ2) is 9.48. The lowest BCUT2D eigenvalue weighted by Gasteiger charge is -2.11. The lowest BCUT2D eigenvalue weighted by molar-refractivity contribution is -0.143. The van der Waals surface area contributed by atoms with Crippen molar-refractivity contribution in [1.82, 2.24) is 25.6 Å². The molecular weight excluding hydrogens is 378 g/mol. The van der Waals surface area contributed by atoms with Gasteiger partial charge < -0.3 is 10.6 Å². The highest BCUT2D eigenvalue weighted by atomic mass is 35.5. The molecule has 0 aliphatic heterocycles. The number of aromatic nitrogens is 3. The number of carbonyl (C=O) groups excluding carboxylic acids is 1. The van der Waals surface area contributed by atoms with E-state index in [0.29, 0.717) is 11.2 Å². The standard InChI is InChI=1S/C15H17F4N5O.ClH/c1-2-7-20-8-9-21-14(25)12-13(15(17,18)19)24(23-22-12)11-6-4-3-5-10(11)16;/h3-6,20H,2,7-9H2,1H3,(H,21,25);1H. The van der Waals surface area contributed by atoms with Crippen molar-refractivity contribution in [3.63, 3.8) is 0 Å². The first-order valence-electron chi connectivity index (χ1n) is 7.63. The minimum atomic E-state index is -4.93. The van der Waals surface area contributed by atoms with Crippen molar-refractivity contribution in [2.75, 3.05) is 19.6 Å². The molecule has 26 heavy (non-hydrogen) atoms. The Morgan fingerprint density at radius 1 is 1.19 bits per heavy atom.